The van der Waals surface area contributed by atoms with Crippen LogP contribution in [0.1, 0.15) is 27.2 Å². The number of amides is 3. The van der Waals surface area contributed by atoms with E-state index in [0.29, 0.717) is 12.5 Å². The Morgan fingerprint density at radius 2 is 2.11 bits per heavy atom. The Morgan fingerprint density at radius 1 is 1.42 bits per heavy atom. The molecule has 0 aliphatic carbocycles. The van der Waals surface area contributed by atoms with E-state index in [-0.39, 0.29) is 11.9 Å². The minimum Gasteiger partial charge on any atom is -0.354 e. The molecule has 106 valence electrons. The van der Waals surface area contributed by atoms with Gasteiger partial charge < -0.3 is 15.1 Å². The van der Waals surface area contributed by atoms with Crippen LogP contribution in [-0.4, -0.2) is 59.5 Å². The fourth-order valence-electron chi connectivity index (χ4n) is 2.31. The first-order chi connectivity index (χ1) is 8.99. The van der Waals surface area contributed by atoms with Crippen molar-refractivity contribution in [2.45, 2.75) is 45.4 Å². The number of likely N-dealkylation sites (N-methyl/N-ethyl adjacent to an activating group) is 2. The van der Waals surface area contributed by atoms with Crippen molar-refractivity contribution in [1.82, 2.24) is 20.4 Å². The van der Waals surface area contributed by atoms with Crippen LogP contribution in [0, 0.1) is 0 Å². The highest BCUT2D eigenvalue weighted by Crippen LogP contribution is 2.23. The highest BCUT2D eigenvalue weighted by atomic mass is 16.2. The molecule has 7 nitrogen and oxygen atoms in total. The van der Waals surface area contributed by atoms with Gasteiger partial charge in [-0.3, -0.25) is 10.1 Å². The van der Waals surface area contributed by atoms with Crippen LogP contribution in [0.2, 0.25) is 0 Å². The molecule has 1 fully saturated rings. The smallest absolute Gasteiger partial charge is 0.325 e. The Hall–Kier alpha value is -1.79. The molecule has 2 aliphatic heterocycles. The summed E-state index contributed by atoms with van der Waals surface area (Å²) in [5, 5.41) is 5.66. The largest absolute Gasteiger partial charge is 0.354 e. The summed E-state index contributed by atoms with van der Waals surface area (Å²) >= 11 is 0. The molecule has 0 saturated carbocycles. The van der Waals surface area contributed by atoms with Gasteiger partial charge >= 0.3 is 6.03 Å². The van der Waals surface area contributed by atoms with E-state index in [0.717, 1.165) is 6.42 Å². The molecular weight excluding hydrogens is 246 g/mol. The molecule has 2 rings (SSSR count). The normalized spacial score (nSPS) is 27.9. The van der Waals surface area contributed by atoms with Crippen LogP contribution in [0.15, 0.2) is 4.99 Å². The molecule has 0 aromatic rings. The topological polar surface area (TPSA) is 77.0 Å². The first-order valence-electron chi connectivity index (χ1n) is 6.68. The van der Waals surface area contributed by atoms with E-state index in [1.165, 1.54) is 4.90 Å². The highest BCUT2D eigenvalue weighted by Gasteiger charge is 2.48. The summed E-state index contributed by atoms with van der Waals surface area (Å²) in [5.41, 5.74) is 0. The third kappa shape index (κ3) is 2.24. The number of hydrogen-bond donors (Lipinski definition) is 2. The fraction of sp³-hybridized carbons (Fsp3) is 0.750. The summed E-state index contributed by atoms with van der Waals surface area (Å²) in [7, 11) is 1.66. The molecule has 0 aromatic heterocycles. The lowest BCUT2D eigenvalue weighted by atomic mass is 10.1. The van der Waals surface area contributed by atoms with Gasteiger partial charge in [-0.15, -0.1) is 0 Å². The van der Waals surface area contributed by atoms with Crippen molar-refractivity contribution >= 4 is 17.9 Å². The maximum atomic E-state index is 12.0. The SMILES string of the molecule is CCC(C)NC1=NC2C(C(=O)NC(=O)N2C)N1CC. The Kier molecular flexibility index (Phi) is 3.64. The van der Waals surface area contributed by atoms with Crippen molar-refractivity contribution in [1.29, 1.82) is 0 Å². The molecule has 1 saturated heterocycles. The number of nitrogens with zero attached hydrogens (tertiary/aromatic N) is 3. The van der Waals surface area contributed by atoms with Crippen LogP contribution in [0.3, 0.4) is 0 Å². The molecule has 3 unspecified atom stereocenters. The standard InChI is InChI=1S/C12H21N5O2/c1-5-7(3)13-11-14-9-8(17(11)6-2)10(18)15-12(19)16(9)4/h7-9H,5-6H2,1-4H3,(H,13,14)(H,15,18,19). The van der Waals surface area contributed by atoms with Gasteiger partial charge in [0.25, 0.3) is 5.91 Å². The van der Waals surface area contributed by atoms with Gasteiger partial charge in [0.1, 0.15) is 0 Å². The Bertz CT molecular complexity index is 422. The lowest BCUT2D eigenvalue weighted by Crippen LogP contribution is -2.64. The van der Waals surface area contributed by atoms with Crippen LogP contribution in [0.4, 0.5) is 4.79 Å². The van der Waals surface area contributed by atoms with Crippen LogP contribution in [0.5, 0.6) is 0 Å². The number of imide groups is 1. The van der Waals surface area contributed by atoms with Gasteiger partial charge in [-0.25, -0.2) is 9.79 Å². The lowest BCUT2D eigenvalue weighted by molar-refractivity contribution is -0.127. The minimum atomic E-state index is -0.437. The van der Waals surface area contributed by atoms with Gasteiger partial charge in [0.05, 0.1) is 0 Å². The van der Waals surface area contributed by atoms with E-state index >= 15 is 0 Å². The fourth-order valence-corrected chi connectivity index (χ4v) is 2.31. The zero-order valence-electron chi connectivity index (χ0n) is 11.8. The van der Waals surface area contributed by atoms with E-state index in [4.69, 9.17) is 0 Å². The lowest BCUT2D eigenvalue weighted by Gasteiger charge is -2.35. The number of rotatable bonds is 3. The van der Waals surface area contributed by atoms with E-state index < -0.39 is 18.2 Å². The summed E-state index contributed by atoms with van der Waals surface area (Å²) in [6, 6.07) is -0.549. The number of carbonyl (C=O) groups excluding carboxylic acids is 2. The summed E-state index contributed by atoms with van der Waals surface area (Å²) in [5.74, 6) is 0.420. The van der Waals surface area contributed by atoms with Gasteiger partial charge in [0.2, 0.25) is 0 Å². The van der Waals surface area contributed by atoms with Crippen LogP contribution in [0.25, 0.3) is 0 Å². The van der Waals surface area contributed by atoms with E-state index in [2.05, 4.69) is 29.5 Å². The van der Waals surface area contributed by atoms with E-state index in [1.54, 1.807) is 7.05 Å². The third-order valence-electron chi connectivity index (χ3n) is 3.69. The van der Waals surface area contributed by atoms with Gasteiger partial charge in [-0.05, 0) is 20.3 Å². The van der Waals surface area contributed by atoms with Crippen molar-refractivity contribution in [3.8, 4) is 0 Å². The van der Waals surface area contributed by atoms with Gasteiger partial charge in [0, 0.05) is 19.6 Å². The maximum absolute atomic E-state index is 12.0. The average Bonchev–Trinajstić information content (AvgIpc) is 2.74. The maximum Gasteiger partial charge on any atom is 0.325 e. The number of hydrogen-bond acceptors (Lipinski definition) is 5. The zero-order chi connectivity index (χ0) is 14.2. The van der Waals surface area contributed by atoms with Gasteiger partial charge in [0.15, 0.2) is 18.2 Å². The molecule has 0 bridgehead atoms. The van der Waals surface area contributed by atoms with E-state index in [9.17, 15) is 9.59 Å². The van der Waals surface area contributed by atoms with Crippen LogP contribution >= 0.6 is 0 Å². The minimum absolute atomic E-state index is 0.275. The molecular formula is C12H21N5O2. The van der Waals surface area contributed by atoms with Gasteiger partial charge in [-0.1, -0.05) is 6.92 Å². The molecule has 19 heavy (non-hydrogen) atoms. The van der Waals surface area contributed by atoms with Crippen molar-refractivity contribution in [2.75, 3.05) is 13.6 Å². The summed E-state index contributed by atoms with van der Waals surface area (Å²) in [6.07, 6.45) is 0.528. The summed E-state index contributed by atoms with van der Waals surface area (Å²) in [6.45, 7) is 6.78. The van der Waals surface area contributed by atoms with Crippen LogP contribution in [-0.2, 0) is 4.79 Å². The second kappa shape index (κ2) is 5.07. The summed E-state index contributed by atoms with van der Waals surface area (Å²) in [4.78, 5) is 31.5. The van der Waals surface area contributed by atoms with Crippen molar-refractivity contribution < 1.29 is 9.59 Å². The third-order valence-corrected chi connectivity index (χ3v) is 3.69. The second-order valence-electron chi connectivity index (χ2n) is 4.96. The van der Waals surface area contributed by atoms with Crippen LogP contribution < -0.4 is 10.6 Å². The van der Waals surface area contributed by atoms with Crippen molar-refractivity contribution in [3.05, 3.63) is 0 Å². The zero-order valence-corrected chi connectivity index (χ0v) is 11.8. The van der Waals surface area contributed by atoms with Gasteiger partial charge in [-0.2, -0.15) is 0 Å². The number of aliphatic imine (C=N–C) groups is 1. The number of nitrogens with one attached hydrogen (secondary N) is 2. The Morgan fingerprint density at radius 3 is 2.68 bits per heavy atom. The number of fused-ring (bicyclic) bond motifs is 1. The van der Waals surface area contributed by atoms with Crippen molar-refractivity contribution in [3.63, 3.8) is 0 Å². The molecule has 3 atom stereocenters. The molecule has 3 amide bonds. The quantitative estimate of drug-likeness (QED) is 0.751. The molecule has 7 heteroatoms. The molecule has 0 radical (unpaired) electrons. The Labute approximate surface area is 113 Å². The number of guanidine groups is 1. The molecule has 2 N–H and O–H groups in total. The number of carbonyl (C=O) groups is 2. The number of urea groups is 1. The first kappa shape index (κ1) is 13.6. The first-order valence-corrected chi connectivity index (χ1v) is 6.68. The predicted molar refractivity (Wildman–Crippen MR) is 71.6 cm³/mol. The monoisotopic (exact) mass is 267 g/mol. The molecule has 0 aromatic carbocycles. The van der Waals surface area contributed by atoms with E-state index in [1.807, 2.05) is 11.8 Å². The summed E-state index contributed by atoms with van der Waals surface area (Å²) < 4.78 is 0. The average molecular weight is 267 g/mol. The Balaban J connectivity index is 2.25. The van der Waals surface area contributed by atoms with Crippen molar-refractivity contribution in [2.24, 2.45) is 4.99 Å². The molecule has 2 aliphatic rings. The molecule has 2 heterocycles. The predicted octanol–water partition coefficient (Wildman–Crippen LogP) is -0.0577. The molecule has 0 spiro atoms. The second-order valence-corrected chi connectivity index (χ2v) is 4.96. The highest BCUT2D eigenvalue weighted by molar-refractivity contribution is 6.03.